The maximum atomic E-state index is 13.5. The van der Waals surface area contributed by atoms with Gasteiger partial charge in [-0.05, 0) is 25.5 Å². The van der Waals surface area contributed by atoms with E-state index in [0.29, 0.717) is 0 Å². The van der Waals surface area contributed by atoms with Crippen molar-refractivity contribution in [2.75, 3.05) is 0 Å². The molecule has 1 amide bonds. The third kappa shape index (κ3) is 2.76. The lowest BCUT2D eigenvalue weighted by Gasteiger charge is -2.38. The van der Waals surface area contributed by atoms with Gasteiger partial charge in [0, 0.05) is 17.0 Å². The second-order valence-corrected chi connectivity index (χ2v) is 5.77. The number of halogens is 4. The van der Waals surface area contributed by atoms with Crippen molar-refractivity contribution in [2.24, 2.45) is 0 Å². The predicted octanol–water partition coefficient (Wildman–Crippen LogP) is 3.46. The van der Waals surface area contributed by atoms with Gasteiger partial charge in [0.05, 0.1) is 0 Å². The number of hydrogen-bond donors (Lipinski definition) is 1. The summed E-state index contributed by atoms with van der Waals surface area (Å²) < 4.78 is 40.4. The van der Waals surface area contributed by atoms with Gasteiger partial charge in [-0.15, -0.1) is 0 Å². The van der Waals surface area contributed by atoms with Crippen LogP contribution in [0.3, 0.4) is 0 Å². The number of hydrazine groups is 1. The minimum atomic E-state index is -4.56. The number of hydrogen-bond acceptors (Lipinski definition) is 2. The second kappa shape index (κ2) is 4.93. The van der Waals surface area contributed by atoms with Gasteiger partial charge in [-0.2, -0.15) is 18.2 Å². The molecule has 110 valence electrons. The molecule has 1 atom stereocenters. The number of amides is 1. The van der Waals surface area contributed by atoms with Gasteiger partial charge in [0.2, 0.25) is 5.91 Å². The molecule has 0 unspecified atom stereocenters. The van der Waals surface area contributed by atoms with E-state index in [1.165, 1.54) is 18.2 Å². The van der Waals surface area contributed by atoms with Gasteiger partial charge in [0.25, 0.3) is 0 Å². The lowest BCUT2D eigenvalue weighted by molar-refractivity contribution is -0.203. The molecule has 0 aromatic heterocycles. The molecule has 7 heteroatoms. The summed E-state index contributed by atoms with van der Waals surface area (Å²) in [6, 6.07) is 3.80. The first-order chi connectivity index (χ1) is 9.13. The molecule has 1 aliphatic rings. The summed E-state index contributed by atoms with van der Waals surface area (Å²) in [7, 11) is 0. The Morgan fingerprint density at radius 3 is 2.40 bits per heavy atom. The Kier molecular flexibility index (Phi) is 3.73. The van der Waals surface area contributed by atoms with Crippen LogP contribution < -0.4 is 5.43 Å². The Morgan fingerprint density at radius 2 is 1.95 bits per heavy atom. The molecule has 0 radical (unpaired) electrons. The van der Waals surface area contributed by atoms with Crippen LogP contribution in [0.1, 0.15) is 31.9 Å². The van der Waals surface area contributed by atoms with Crippen molar-refractivity contribution >= 4 is 17.5 Å². The summed E-state index contributed by atoms with van der Waals surface area (Å²) in [6.07, 6.45) is -4.55. The van der Waals surface area contributed by atoms with Crippen LogP contribution in [-0.4, -0.2) is 22.6 Å². The minimum absolute atomic E-state index is 0.00400. The number of benzene rings is 1. The van der Waals surface area contributed by atoms with Gasteiger partial charge in [0.15, 0.2) is 6.04 Å². The molecule has 2 rings (SSSR count). The van der Waals surface area contributed by atoms with Crippen LogP contribution in [0.2, 0.25) is 5.02 Å². The summed E-state index contributed by atoms with van der Waals surface area (Å²) in [4.78, 5) is 11.5. The van der Waals surface area contributed by atoms with E-state index in [0.717, 1.165) is 5.01 Å². The highest BCUT2D eigenvalue weighted by molar-refractivity contribution is 6.31. The van der Waals surface area contributed by atoms with Crippen LogP contribution in [0.4, 0.5) is 13.2 Å². The fourth-order valence-electron chi connectivity index (χ4n) is 2.38. The first-order valence-corrected chi connectivity index (χ1v) is 6.41. The lowest BCUT2D eigenvalue weighted by atomic mass is 9.97. The topological polar surface area (TPSA) is 32.3 Å². The van der Waals surface area contributed by atoms with Crippen LogP contribution in [0.5, 0.6) is 0 Å². The summed E-state index contributed by atoms with van der Waals surface area (Å²) in [5.74, 6) is -0.434. The van der Waals surface area contributed by atoms with Gasteiger partial charge in [-0.25, -0.2) is 0 Å². The number of rotatable bonds is 2. The van der Waals surface area contributed by atoms with Gasteiger partial charge in [0.1, 0.15) is 0 Å². The third-order valence-electron chi connectivity index (χ3n) is 3.26. The zero-order valence-electron chi connectivity index (χ0n) is 11.0. The van der Waals surface area contributed by atoms with E-state index in [2.05, 4.69) is 5.43 Å². The van der Waals surface area contributed by atoms with Crippen molar-refractivity contribution < 1.29 is 18.0 Å². The second-order valence-electron chi connectivity index (χ2n) is 5.36. The molecule has 0 bridgehead atoms. The van der Waals surface area contributed by atoms with Crippen LogP contribution in [-0.2, 0) is 4.79 Å². The lowest BCUT2D eigenvalue weighted by Crippen LogP contribution is -2.51. The van der Waals surface area contributed by atoms with E-state index >= 15 is 0 Å². The predicted molar refractivity (Wildman–Crippen MR) is 68.9 cm³/mol. The smallest absolute Gasteiger partial charge is 0.287 e. The van der Waals surface area contributed by atoms with E-state index in [1.54, 1.807) is 19.9 Å². The quantitative estimate of drug-likeness (QED) is 0.907. The van der Waals surface area contributed by atoms with Gasteiger partial charge >= 0.3 is 6.18 Å². The van der Waals surface area contributed by atoms with Crippen molar-refractivity contribution in [3.05, 3.63) is 34.9 Å². The van der Waals surface area contributed by atoms with E-state index in [-0.39, 0.29) is 17.0 Å². The van der Waals surface area contributed by atoms with E-state index in [9.17, 15) is 18.0 Å². The fourth-order valence-corrected chi connectivity index (χ4v) is 2.62. The largest absolute Gasteiger partial charge is 0.409 e. The molecular formula is C13H14ClF3N2O. The maximum absolute atomic E-state index is 13.5. The normalized spacial score (nSPS) is 20.8. The maximum Gasteiger partial charge on any atom is 0.409 e. The monoisotopic (exact) mass is 306 g/mol. The van der Waals surface area contributed by atoms with Crippen LogP contribution in [0.15, 0.2) is 24.3 Å². The minimum Gasteiger partial charge on any atom is -0.287 e. The van der Waals surface area contributed by atoms with Crippen molar-refractivity contribution in [3.63, 3.8) is 0 Å². The highest BCUT2D eigenvalue weighted by Crippen LogP contribution is 2.44. The fraction of sp³-hybridized carbons (Fsp3) is 0.462. The van der Waals surface area contributed by atoms with E-state index in [4.69, 9.17) is 11.6 Å². The molecule has 0 spiro atoms. The first kappa shape index (κ1) is 15.1. The van der Waals surface area contributed by atoms with Crippen LogP contribution >= 0.6 is 11.6 Å². The molecule has 0 aliphatic carbocycles. The summed E-state index contributed by atoms with van der Waals surface area (Å²) in [5, 5.41) is 0.961. The molecule has 1 N–H and O–H groups in total. The molecule has 20 heavy (non-hydrogen) atoms. The molecule has 1 heterocycles. The zero-order chi connectivity index (χ0) is 15.1. The van der Waals surface area contributed by atoms with Crippen molar-refractivity contribution in [1.82, 2.24) is 10.4 Å². The van der Waals surface area contributed by atoms with Crippen LogP contribution in [0.25, 0.3) is 0 Å². The van der Waals surface area contributed by atoms with Crippen molar-refractivity contribution in [2.45, 2.75) is 38.0 Å². The molecular weight excluding hydrogens is 293 g/mol. The van der Waals surface area contributed by atoms with Crippen molar-refractivity contribution in [1.29, 1.82) is 0 Å². The Hall–Kier alpha value is -1.27. The Morgan fingerprint density at radius 1 is 1.35 bits per heavy atom. The average molecular weight is 307 g/mol. The summed E-state index contributed by atoms with van der Waals surface area (Å²) in [5.41, 5.74) is 1.27. The molecule has 1 aliphatic heterocycles. The highest BCUT2D eigenvalue weighted by Gasteiger charge is 2.53. The van der Waals surface area contributed by atoms with Crippen LogP contribution in [0, 0.1) is 0 Å². The Labute approximate surface area is 119 Å². The van der Waals surface area contributed by atoms with Gasteiger partial charge < -0.3 is 0 Å². The van der Waals surface area contributed by atoms with Gasteiger partial charge in [-0.1, -0.05) is 29.8 Å². The number of nitrogens with zero attached hydrogens (tertiary/aromatic N) is 1. The number of nitrogens with one attached hydrogen (secondary N) is 1. The zero-order valence-corrected chi connectivity index (χ0v) is 11.7. The standard InChI is InChI=1S/C13H14ClF3N2O/c1-12(2)7-10(20)18-19(12)11(13(15,16)17)8-5-3-4-6-9(8)14/h3-6,11H,7H2,1-2H3,(H,18,20)/t11-/m0/s1. The van der Waals surface area contributed by atoms with E-state index in [1.807, 2.05) is 0 Å². The molecule has 1 fully saturated rings. The number of carbonyl (C=O) groups is 1. The number of alkyl halides is 3. The highest BCUT2D eigenvalue weighted by atomic mass is 35.5. The molecule has 1 aromatic carbocycles. The molecule has 1 saturated heterocycles. The molecule has 0 saturated carbocycles. The SMILES string of the molecule is CC1(C)CC(=O)NN1[C@@H](c1ccccc1Cl)C(F)(F)F. The summed E-state index contributed by atoms with van der Waals surface area (Å²) >= 11 is 5.89. The molecule has 3 nitrogen and oxygen atoms in total. The van der Waals surface area contributed by atoms with E-state index < -0.39 is 23.7 Å². The average Bonchev–Trinajstić information content (AvgIpc) is 2.53. The molecule has 1 aromatic rings. The van der Waals surface area contributed by atoms with Crippen molar-refractivity contribution in [3.8, 4) is 0 Å². The Bertz CT molecular complexity index is 531. The summed E-state index contributed by atoms with van der Waals surface area (Å²) in [6.45, 7) is 3.17. The third-order valence-corrected chi connectivity index (χ3v) is 3.60. The first-order valence-electron chi connectivity index (χ1n) is 6.03. The van der Waals surface area contributed by atoms with Gasteiger partial charge in [-0.3, -0.25) is 10.2 Å². The Balaban J connectivity index is 2.50. The number of carbonyl (C=O) groups excluding carboxylic acids is 1.